The van der Waals surface area contributed by atoms with Crippen LogP contribution in [0.2, 0.25) is 0 Å². The summed E-state index contributed by atoms with van der Waals surface area (Å²) in [5.74, 6) is -1.09. The molecular formula is C14H19NO4. The van der Waals surface area contributed by atoms with E-state index in [4.69, 9.17) is 4.42 Å². The maximum Gasteiger partial charge on any atom is 0.308 e. The molecule has 2 unspecified atom stereocenters. The predicted octanol–water partition coefficient (Wildman–Crippen LogP) is 2.35. The second-order valence-electron chi connectivity index (χ2n) is 5.40. The summed E-state index contributed by atoms with van der Waals surface area (Å²) in [7, 11) is 0. The van der Waals surface area contributed by atoms with E-state index in [0.717, 1.165) is 12.8 Å². The van der Waals surface area contributed by atoms with E-state index in [1.54, 1.807) is 13.0 Å². The molecule has 1 aromatic rings. The number of carboxylic acids is 1. The third-order valence-electron chi connectivity index (χ3n) is 4.01. The van der Waals surface area contributed by atoms with Crippen LogP contribution in [0.4, 0.5) is 0 Å². The smallest absolute Gasteiger partial charge is 0.308 e. The lowest BCUT2D eigenvalue weighted by Crippen LogP contribution is -2.55. The molecule has 2 N–H and O–H groups in total. The monoisotopic (exact) mass is 265 g/mol. The zero-order chi connectivity index (χ0) is 14.0. The fraction of sp³-hybridized carbons (Fsp3) is 0.571. The van der Waals surface area contributed by atoms with Gasteiger partial charge >= 0.3 is 5.97 Å². The van der Waals surface area contributed by atoms with E-state index >= 15 is 0 Å². The Morgan fingerprint density at radius 2 is 2.21 bits per heavy atom. The van der Waals surface area contributed by atoms with E-state index in [0.29, 0.717) is 24.2 Å². The summed E-state index contributed by atoms with van der Waals surface area (Å²) in [6.45, 7) is 3.53. The summed E-state index contributed by atoms with van der Waals surface area (Å²) >= 11 is 0. The van der Waals surface area contributed by atoms with Gasteiger partial charge in [-0.05, 0) is 32.8 Å². The summed E-state index contributed by atoms with van der Waals surface area (Å²) in [4.78, 5) is 23.5. The molecule has 1 amide bonds. The number of aryl methyl sites for hydroxylation is 1. The predicted molar refractivity (Wildman–Crippen MR) is 68.9 cm³/mol. The topological polar surface area (TPSA) is 79.5 Å². The maximum absolute atomic E-state index is 12.2. The fourth-order valence-corrected chi connectivity index (χ4v) is 2.83. The van der Waals surface area contributed by atoms with E-state index in [2.05, 4.69) is 5.32 Å². The van der Waals surface area contributed by atoms with Gasteiger partial charge in [0.2, 0.25) is 0 Å². The Morgan fingerprint density at radius 3 is 2.79 bits per heavy atom. The number of hydrogen-bond acceptors (Lipinski definition) is 3. The number of furan rings is 1. The number of carbonyl (C=O) groups excluding carboxylic acids is 1. The van der Waals surface area contributed by atoms with Crippen LogP contribution in [-0.2, 0) is 4.79 Å². The van der Waals surface area contributed by atoms with Crippen molar-refractivity contribution in [1.82, 2.24) is 5.32 Å². The molecule has 0 bridgehead atoms. The molecule has 1 aliphatic carbocycles. The normalized spacial score (nSPS) is 26.9. The molecule has 104 valence electrons. The van der Waals surface area contributed by atoms with Gasteiger partial charge in [0.1, 0.15) is 5.76 Å². The van der Waals surface area contributed by atoms with Crippen molar-refractivity contribution in [3.63, 3.8) is 0 Å². The molecule has 1 aliphatic rings. The van der Waals surface area contributed by atoms with Crippen molar-refractivity contribution in [2.45, 2.75) is 45.1 Å². The van der Waals surface area contributed by atoms with Crippen molar-refractivity contribution in [2.24, 2.45) is 5.92 Å². The van der Waals surface area contributed by atoms with Crippen molar-refractivity contribution in [2.75, 3.05) is 0 Å². The minimum absolute atomic E-state index is 0.262. The molecule has 1 fully saturated rings. The Morgan fingerprint density at radius 1 is 1.47 bits per heavy atom. The Balaban J connectivity index is 2.17. The number of rotatable bonds is 3. The van der Waals surface area contributed by atoms with Gasteiger partial charge in [-0.3, -0.25) is 9.59 Å². The van der Waals surface area contributed by atoms with Gasteiger partial charge < -0.3 is 14.8 Å². The van der Waals surface area contributed by atoms with Crippen LogP contribution in [-0.4, -0.2) is 22.5 Å². The van der Waals surface area contributed by atoms with Crippen LogP contribution >= 0.6 is 0 Å². The number of aliphatic carboxylic acids is 1. The molecule has 0 aromatic carbocycles. The quantitative estimate of drug-likeness (QED) is 0.879. The molecule has 5 heteroatoms. The molecule has 2 rings (SSSR count). The van der Waals surface area contributed by atoms with E-state index < -0.39 is 17.4 Å². The van der Waals surface area contributed by atoms with E-state index in [-0.39, 0.29) is 5.91 Å². The summed E-state index contributed by atoms with van der Waals surface area (Å²) in [5, 5.41) is 12.2. The first kappa shape index (κ1) is 13.6. The summed E-state index contributed by atoms with van der Waals surface area (Å²) < 4.78 is 5.10. The fourth-order valence-electron chi connectivity index (χ4n) is 2.83. The lowest BCUT2D eigenvalue weighted by Gasteiger charge is -2.39. The van der Waals surface area contributed by atoms with Gasteiger partial charge in [-0.2, -0.15) is 0 Å². The van der Waals surface area contributed by atoms with Gasteiger partial charge in [0.15, 0.2) is 0 Å². The van der Waals surface area contributed by atoms with Crippen LogP contribution < -0.4 is 5.32 Å². The van der Waals surface area contributed by atoms with Crippen LogP contribution in [0.3, 0.4) is 0 Å². The maximum atomic E-state index is 12.2. The molecular weight excluding hydrogens is 246 g/mol. The molecule has 0 saturated heterocycles. The average molecular weight is 265 g/mol. The summed E-state index contributed by atoms with van der Waals surface area (Å²) in [5.41, 5.74) is -0.221. The van der Waals surface area contributed by atoms with E-state index in [1.807, 2.05) is 6.92 Å². The number of hydrogen-bond donors (Lipinski definition) is 2. The molecule has 2 atom stereocenters. The molecule has 0 aliphatic heterocycles. The largest absolute Gasteiger partial charge is 0.481 e. The first-order valence-electron chi connectivity index (χ1n) is 6.53. The lowest BCUT2D eigenvalue weighted by molar-refractivity contribution is -0.145. The lowest BCUT2D eigenvalue weighted by atomic mass is 9.73. The highest BCUT2D eigenvalue weighted by Gasteiger charge is 2.42. The molecule has 0 spiro atoms. The van der Waals surface area contributed by atoms with Crippen molar-refractivity contribution in [3.8, 4) is 0 Å². The van der Waals surface area contributed by atoms with Gasteiger partial charge in [-0.15, -0.1) is 0 Å². The highest BCUT2D eigenvalue weighted by atomic mass is 16.4. The van der Waals surface area contributed by atoms with Crippen LogP contribution in [0.15, 0.2) is 16.7 Å². The Bertz CT molecular complexity index is 493. The van der Waals surface area contributed by atoms with Crippen molar-refractivity contribution in [3.05, 3.63) is 23.7 Å². The van der Waals surface area contributed by atoms with E-state index in [1.165, 1.54) is 6.26 Å². The van der Waals surface area contributed by atoms with Crippen molar-refractivity contribution < 1.29 is 19.1 Å². The zero-order valence-corrected chi connectivity index (χ0v) is 11.2. The molecule has 1 aromatic heterocycles. The highest BCUT2D eigenvalue weighted by molar-refractivity contribution is 5.95. The minimum atomic E-state index is -0.841. The standard InChI is InChI=1S/C14H19NO4/c1-9-10(6-8-19-9)12(16)15-14(2)7-4-3-5-11(14)13(17)18/h6,8,11H,3-5,7H2,1-2H3,(H,15,16)(H,17,18). The third-order valence-corrected chi connectivity index (χ3v) is 4.01. The second kappa shape index (κ2) is 5.07. The van der Waals surface area contributed by atoms with Gasteiger partial charge in [-0.25, -0.2) is 0 Å². The number of amides is 1. The second-order valence-corrected chi connectivity index (χ2v) is 5.40. The van der Waals surface area contributed by atoms with Gasteiger partial charge in [0, 0.05) is 0 Å². The van der Waals surface area contributed by atoms with Crippen LogP contribution in [0, 0.1) is 12.8 Å². The summed E-state index contributed by atoms with van der Waals surface area (Å²) in [6.07, 6.45) is 4.59. The Kier molecular flexibility index (Phi) is 3.64. The van der Waals surface area contributed by atoms with Crippen molar-refractivity contribution >= 4 is 11.9 Å². The Labute approximate surface area is 112 Å². The molecule has 1 heterocycles. The average Bonchev–Trinajstić information content (AvgIpc) is 2.75. The van der Waals surface area contributed by atoms with Crippen LogP contribution in [0.25, 0.3) is 0 Å². The highest BCUT2D eigenvalue weighted by Crippen LogP contribution is 2.34. The number of carboxylic acid groups (broad SMARTS) is 1. The third kappa shape index (κ3) is 2.64. The van der Waals surface area contributed by atoms with Gasteiger partial charge in [-0.1, -0.05) is 12.8 Å². The first-order valence-corrected chi connectivity index (χ1v) is 6.53. The zero-order valence-electron chi connectivity index (χ0n) is 11.2. The number of carbonyl (C=O) groups is 2. The molecule has 19 heavy (non-hydrogen) atoms. The van der Waals surface area contributed by atoms with Gasteiger partial charge in [0.05, 0.1) is 23.3 Å². The minimum Gasteiger partial charge on any atom is -0.481 e. The summed E-state index contributed by atoms with van der Waals surface area (Å²) in [6, 6.07) is 1.60. The van der Waals surface area contributed by atoms with Gasteiger partial charge in [0.25, 0.3) is 5.91 Å². The molecule has 0 radical (unpaired) electrons. The Hall–Kier alpha value is -1.78. The molecule has 5 nitrogen and oxygen atoms in total. The number of nitrogens with one attached hydrogen (secondary N) is 1. The SMILES string of the molecule is Cc1occc1C(=O)NC1(C)CCCCC1C(=O)O. The molecule has 1 saturated carbocycles. The van der Waals surface area contributed by atoms with Crippen LogP contribution in [0.5, 0.6) is 0 Å². The van der Waals surface area contributed by atoms with E-state index in [9.17, 15) is 14.7 Å². The first-order chi connectivity index (χ1) is 8.94. The van der Waals surface area contributed by atoms with Crippen LogP contribution in [0.1, 0.15) is 48.7 Å². The van der Waals surface area contributed by atoms with Crippen molar-refractivity contribution in [1.29, 1.82) is 0 Å².